The third-order valence-corrected chi connectivity index (χ3v) is 5.97. The maximum absolute atomic E-state index is 11.7. The van der Waals surface area contributed by atoms with Gasteiger partial charge < -0.3 is 10.1 Å². The molecule has 0 amide bonds. The van der Waals surface area contributed by atoms with Gasteiger partial charge in [-0.05, 0) is 20.3 Å². The van der Waals surface area contributed by atoms with Gasteiger partial charge in [0.2, 0.25) is 0 Å². The van der Waals surface area contributed by atoms with Gasteiger partial charge in [0.05, 0.1) is 22.7 Å². The standard InChI is InChI=1S/C9H17NO3S/c1-9(2)8(3-4-14(9,11)12)13-7-5-10-6-7/h7-8,10H,3-6H2,1-2H3. The number of nitrogens with one attached hydrogen (secondary N) is 1. The second-order valence-electron chi connectivity index (χ2n) is 4.62. The monoisotopic (exact) mass is 219 g/mol. The Morgan fingerprint density at radius 3 is 2.36 bits per heavy atom. The molecule has 0 radical (unpaired) electrons. The Balaban J connectivity index is 2.07. The van der Waals surface area contributed by atoms with E-state index in [1.807, 2.05) is 0 Å². The second kappa shape index (κ2) is 3.18. The highest BCUT2D eigenvalue weighted by Crippen LogP contribution is 2.34. The molecule has 2 aliphatic rings. The minimum Gasteiger partial charge on any atom is -0.371 e. The molecule has 1 unspecified atom stereocenters. The highest BCUT2D eigenvalue weighted by molar-refractivity contribution is 7.93. The normalized spacial score (nSPS) is 35.4. The molecule has 1 N–H and O–H groups in total. The molecule has 0 aromatic carbocycles. The predicted molar refractivity (Wildman–Crippen MR) is 54.0 cm³/mol. The summed E-state index contributed by atoms with van der Waals surface area (Å²) >= 11 is 0. The van der Waals surface area contributed by atoms with Crippen LogP contribution in [0.25, 0.3) is 0 Å². The van der Waals surface area contributed by atoms with E-state index in [2.05, 4.69) is 5.32 Å². The topological polar surface area (TPSA) is 55.4 Å². The average molecular weight is 219 g/mol. The van der Waals surface area contributed by atoms with E-state index in [-0.39, 0.29) is 18.0 Å². The summed E-state index contributed by atoms with van der Waals surface area (Å²) in [6, 6.07) is 0. The SMILES string of the molecule is CC1(C)C(OC2CNC2)CCS1(=O)=O. The first kappa shape index (κ1) is 10.4. The Kier molecular flexibility index (Phi) is 2.36. The molecule has 2 heterocycles. The van der Waals surface area contributed by atoms with Gasteiger partial charge in [-0.3, -0.25) is 0 Å². The van der Waals surface area contributed by atoms with E-state index in [0.29, 0.717) is 6.42 Å². The van der Waals surface area contributed by atoms with Crippen LogP contribution in [0.15, 0.2) is 0 Å². The van der Waals surface area contributed by atoms with Crippen LogP contribution in [0.2, 0.25) is 0 Å². The van der Waals surface area contributed by atoms with Gasteiger partial charge in [-0.25, -0.2) is 8.42 Å². The third-order valence-electron chi connectivity index (χ3n) is 3.33. The van der Waals surface area contributed by atoms with E-state index in [1.165, 1.54) is 0 Å². The average Bonchev–Trinajstić information content (AvgIpc) is 2.17. The van der Waals surface area contributed by atoms with Crippen molar-refractivity contribution in [3.63, 3.8) is 0 Å². The Bertz CT molecular complexity index is 319. The molecule has 4 nitrogen and oxygen atoms in total. The summed E-state index contributed by atoms with van der Waals surface area (Å²) in [5, 5.41) is 3.11. The molecule has 0 aliphatic carbocycles. The molecule has 0 aromatic heterocycles. The van der Waals surface area contributed by atoms with Crippen LogP contribution in [-0.2, 0) is 14.6 Å². The lowest BCUT2D eigenvalue weighted by Gasteiger charge is -2.34. The van der Waals surface area contributed by atoms with Crippen molar-refractivity contribution >= 4 is 9.84 Å². The molecule has 14 heavy (non-hydrogen) atoms. The van der Waals surface area contributed by atoms with Crippen molar-refractivity contribution in [3.8, 4) is 0 Å². The molecule has 2 saturated heterocycles. The molecule has 2 aliphatic heterocycles. The van der Waals surface area contributed by atoms with Gasteiger partial charge in [-0.15, -0.1) is 0 Å². The predicted octanol–water partition coefficient (Wildman–Crippen LogP) is -0.0595. The molecule has 2 rings (SSSR count). The fourth-order valence-electron chi connectivity index (χ4n) is 1.90. The number of ether oxygens (including phenoxy) is 1. The van der Waals surface area contributed by atoms with Crippen LogP contribution in [0.3, 0.4) is 0 Å². The molecule has 5 heteroatoms. The highest BCUT2D eigenvalue weighted by atomic mass is 32.2. The van der Waals surface area contributed by atoms with E-state index in [1.54, 1.807) is 13.8 Å². The zero-order valence-electron chi connectivity index (χ0n) is 8.62. The lowest BCUT2D eigenvalue weighted by atomic mass is 10.0. The van der Waals surface area contributed by atoms with Crippen LogP contribution in [-0.4, -0.2) is 44.2 Å². The summed E-state index contributed by atoms with van der Waals surface area (Å²) in [5.74, 6) is 0.269. The van der Waals surface area contributed by atoms with Crippen molar-refractivity contribution < 1.29 is 13.2 Å². The van der Waals surface area contributed by atoms with Gasteiger partial charge in [0, 0.05) is 13.1 Å². The lowest BCUT2D eigenvalue weighted by Crippen LogP contribution is -2.52. The molecule has 82 valence electrons. The van der Waals surface area contributed by atoms with Gasteiger partial charge in [0.1, 0.15) is 0 Å². The van der Waals surface area contributed by atoms with Crippen molar-refractivity contribution in [1.29, 1.82) is 0 Å². The van der Waals surface area contributed by atoms with Crippen LogP contribution < -0.4 is 5.32 Å². The maximum Gasteiger partial charge on any atom is 0.158 e. The van der Waals surface area contributed by atoms with Crippen LogP contribution in [0, 0.1) is 0 Å². The largest absolute Gasteiger partial charge is 0.371 e. The van der Waals surface area contributed by atoms with Crippen molar-refractivity contribution in [2.45, 2.75) is 37.2 Å². The van der Waals surface area contributed by atoms with E-state index in [0.717, 1.165) is 13.1 Å². The summed E-state index contributed by atoms with van der Waals surface area (Å²) in [6.45, 7) is 5.25. The van der Waals surface area contributed by atoms with E-state index < -0.39 is 14.6 Å². The molecule has 1 atom stereocenters. The fraction of sp³-hybridized carbons (Fsp3) is 1.00. The Hall–Kier alpha value is -0.130. The van der Waals surface area contributed by atoms with Crippen molar-refractivity contribution in [2.24, 2.45) is 0 Å². The number of sulfone groups is 1. The Labute approximate surface area is 84.9 Å². The van der Waals surface area contributed by atoms with Gasteiger partial charge in [0.25, 0.3) is 0 Å². The fourth-order valence-corrected chi connectivity index (χ4v) is 3.52. The van der Waals surface area contributed by atoms with E-state index >= 15 is 0 Å². The number of hydrogen-bond acceptors (Lipinski definition) is 4. The van der Waals surface area contributed by atoms with Crippen molar-refractivity contribution in [3.05, 3.63) is 0 Å². The molecule has 0 saturated carbocycles. The number of hydrogen-bond donors (Lipinski definition) is 1. The summed E-state index contributed by atoms with van der Waals surface area (Å²) in [5.41, 5.74) is 0. The minimum absolute atomic E-state index is 0.125. The van der Waals surface area contributed by atoms with Crippen molar-refractivity contribution in [2.75, 3.05) is 18.8 Å². The Morgan fingerprint density at radius 1 is 1.36 bits per heavy atom. The van der Waals surface area contributed by atoms with Crippen LogP contribution in [0.5, 0.6) is 0 Å². The summed E-state index contributed by atoms with van der Waals surface area (Å²) in [4.78, 5) is 0. The first-order valence-corrected chi connectivity index (χ1v) is 6.67. The zero-order chi connectivity index (χ0) is 10.4. The van der Waals surface area contributed by atoms with Crippen LogP contribution in [0.4, 0.5) is 0 Å². The van der Waals surface area contributed by atoms with Gasteiger partial charge in [-0.1, -0.05) is 0 Å². The van der Waals surface area contributed by atoms with Crippen molar-refractivity contribution in [1.82, 2.24) is 5.32 Å². The molecule has 0 aromatic rings. The van der Waals surface area contributed by atoms with Gasteiger partial charge >= 0.3 is 0 Å². The quantitative estimate of drug-likeness (QED) is 0.707. The highest BCUT2D eigenvalue weighted by Gasteiger charge is 2.49. The zero-order valence-corrected chi connectivity index (χ0v) is 9.43. The van der Waals surface area contributed by atoms with E-state index in [9.17, 15) is 8.42 Å². The molecular formula is C9H17NO3S. The lowest BCUT2D eigenvalue weighted by molar-refractivity contribution is -0.0477. The number of rotatable bonds is 2. The molecular weight excluding hydrogens is 202 g/mol. The molecule has 0 bridgehead atoms. The summed E-state index contributed by atoms with van der Waals surface area (Å²) in [6.07, 6.45) is 0.735. The third kappa shape index (κ3) is 1.47. The first-order valence-electron chi connectivity index (χ1n) is 5.02. The summed E-state index contributed by atoms with van der Waals surface area (Å²) < 4.78 is 28.4. The van der Waals surface area contributed by atoms with Gasteiger partial charge in [0.15, 0.2) is 9.84 Å². The van der Waals surface area contributed by atoms with Gasteiger partial charge in [-0.2, -0.15) is 0 Å². The van der Waals surface area contributed by atoms with Crippen LogP contribution in [0.1, 0.15) is 20.3 Å². The maximum atomic E-state index is 11.7. The smallest absolute Gasteiger partial charge is 0.158 e. The van der Waals surface area contributed by atoms with E-state index in [4.69, 9.17) is 4.74 Å². The second-order valence-corrected chi connectivity index (χ2v) is 7.31. The Morgan fingerprint density at radius 2 is 2.00 bits per heavy atom. The first-order chi connectivity index (χ1) is 6.43. The minimum atomic E-state index is -2.95. The molecule has 0 spiro atoms. The molecule has 2 fully saturated rings. The van der Waals surface area contributed by atoms with Crippen LogP contribution >= 0.6 is 0 Å². The summed E-state index contributed by atoms with van der Waals surface area (Å²) in [7, 11) is -2.95.